The molecule has 1 N–H and O–H groups in total. The number of carbonyl (C=O) groups is 2. The minimum Gasteiger partial charge on any atom is -0.419 e. The van der Waals surface area contributed by atoms with Crippen molar-refractivity contribution >= 4 is 35.0 Å². The SMILES string of the molecule is O=C(NCCC(=O)N(Cc1nnc(-c2ccccc2Cl)o1)C1CC1)c1ccccc1Cl. The van der Waals surface area contributed by atoms with E-state index in [4.69, 9.17) is 27.6 Å². The van der Waals surface area contributed by atoms with E-state index < -0.39 is 0 Å². The van der Waals surface area contributed by atoms with E-state index in [1.807, 2.05) is 12.1 Å². The predicted molar refractivity (Wildman–Crippen MR) is 117 cm³/mol. The first kappa shape index (κ1) is 21.3. The Hall–Kier alpha value is -2.90. The van der Waals surface area contributed by atoms with Gasteiger partial charge in [-0.3, -0.25) is 9.59 Å². The maximum Gasteiger partial charge on any atom is 0.252 e. The van der Waals surface area contributed by atoms with E-state index >= 15 is 0 Å². The highest BCUT2D eigenvalue weighted by atomic mass is 35.5. The molecule has 0 bridgehead atoms. The number of hydrogen-bond acceptors (Lipinski definition) is 5. The second-order valence-corrected chi connectivity index (χ2v) is 8.03. The fourth-order valence-corrected chi connectivity index (χ4v) is 3.62. The van der Waals surface area contributed by atoms with Crippen molar-refractivity contribution in [3.8, 4) is 11.5 Å². The van der Waals surface area contributed by atoms with Gasteiger partial charge in [-0.15, -0.1) is 10.2 Å². The lowest BCUT2D eigenvalue weighted by atomic mass is 10.2. The van der Waals surface area contributed by atoms with E-state index in [1.165, 1.54) is 0 Å². The number of hydrogen-bond donors (Lipinski definition) is 1. The molecule has 1 aliphatic carbocycles. The number of rotatable bonds is 8. The average molecular weight is 459 g/mol. The minimum atomic E-state index is -0.308. The summed E-state index contributed by atoms with van der Waals surface area (Å²) in [6.07, 6.45) is 2.03. The lowest BCUT2D eigenvalue weighted by Crippen LogP contribution is -2.35. The Bertz CT molecular complexity index is 1100. The number of nitrogens with one attached hydrogen (secondary N) is 1. The van der Waals surface area contributed by atoms with E-state index in [0.717, 1.165) is 12.8 Å². The number of carbonyl (C=O) groups excluding carboxylic acids is 2. The predicted octanol–water partition coefficient (Wildman–Crippen LogP) is 4.35. The summed E-state index contributed by atoms with van der Waals surface area (Å²) in [4.78, 5) is 26.8. The molecule has 1 aliphatic rings. The number of benzene rings is 2. The van der Waals surface area contributed by atoms with Crippen LogP contribution in [0.4, 0.5) is 0 Å². The second kappa shape index (κ2) is 9.49. The second-order valence-electron chi connectivity index (χ2n) is 7.22. The van der Waals surface area contributed by atoms with Crippen molar-refractivity contribution in [2.24, 2.45) is 0 Å². The lowest BCUT2D eigenvalue weighted by molar-refractivity contribution is -0.132. The fourth-order valence-electron chi connectivity index (χ4n) is 3.18. The summed E-state index contributed by atoms with van der Waals surface area (Å²) in [5, 5.41) is 11.8. The minimum absolute atomic E-state index is 0.0838. The zero-order valence-corrected chi connectivity index (χ0v) is 18.1. The molecule has 4 rings (SSSR count). The van der Waals surface area contributed by atoms with E-state index in [0.29, 0.717) is 33.0 Å². The van der Waals surface area contributed by atoms with Crippen LogP contribution in [0.1, 0.15) is 35.5 Å². The van der Waals surface area contributed by atoms with Gasteiger partial charge in [0.05, 0.1) is 27.7 Å². The Morgan fingerprint density at radius 1 is 1.03 bits per heavy atom. The van der Waals surface area contributed by atoms with Crippen LogP contribution < -0.4 is 5.32 Å². The number of halogens is 2. The zero-order chi connectivity index (χ0) is 21.8. The zero-order valence-electron chi connectivity index (χ0n) is 16.6. The molecule has 0 atom stereocenters. The van der Waals surface area contributed by atoms with Crippen LogP contribution in [0, 0.1) is 0 Å². The maximum atomic E-state index is 12.8. The highest BCUT2D eigenvalue weighted by Gasteiger charge is 2.33. The van der Waals surface area contributed by atoms with Gasteiger partial charge in [0, 0.05) is 19.0 Å². The molecule has 1 saturated carbocycles. The third-order valence-corrected chi connectivity index (χ3v) is 5.59. The lowest BCUT2D eigenvalue weighted by Gasteiger charge is -2.20. The molecular weight excluding hydrogens is 439 g/mol. The fraction of sp³-hybridized carbons (Fsp3) is 0.273. The van der Waals surface area contributed by atoms with Crippen molar-refractivity contribution in [2.75, 3.05) is 6.54 Å². The van der Waals surface area contributed by atoms with Gasteiger partial charge in [0.25, 0.3) is 5.91 Å². The molecule has 0 aliphatic heterocycles. The summed E-state index contributed by atoms with van der Waals surface area (Å²) in [6.45, 7) is 0.431. The molecule has 2 amide bonds. The normalized spacial score (nSPS) is 13.1. The Labute approximate surface area is 189 Å². The van der Waals surface area contributed by atoms with Crippen molar-refractivity contribution in [2.45, 2.75) is 31.8 Å². The highest BCUT2D eigenvalue weighted by Crippen LogP contribution is 2.30. The maximum absolute atomic E-state index is 12.8. The van der Waals surface area contributed by atoms with Crippen LogP contribution in [-0.4, -0.2) is 39.5 Å². The largest absolute Gasteiger partial charge is 0.419 e. The first-order valence-electron chi connectivity index (χ1n) is 9.92. The Morgan fingerprint density at radius 3 is 2.45 bits per heavy atom. The van der Waals surface area contributed by atoms with Gasteiger partial charge in [0.15, 0.2) is 0 Å². The van der Waals surface area contributed by atoms with Gasteiger partial charge in [-0.05, 0) is 37.1 Å². The Morgan fingerprint density at radius 2 is 1.74 bits per heavy atom. The number of amides is 2. The van der Waals surface area contributed by atoms with Crippen LogP contribution in [0.5, 0.6) is 0 Å². The first-order chi connectivity index (χ1) is 15.0. The summed E-state index contributed by atoms with van der Waals surface area (Å²) in [6, 6.07) is 14.1. The van der Waals surface area contributed by atoms with Crippen molar-refractivity contribution in [1.82, 2.24) is 20.4 Å². The van der Waals surface area contributed by atoms with Gasteiger partial charge in [0.2, 0.25) is 17.7 Å². The third-order valence-electron chi connectivity index (χ3n) is 4.93. The van der Waals surface area contributed by atoms with Crippen LogP contribution in [0.2, 0.25) is 10.0 Å². The van der Waals surface area contributed by atoms with Gasteiger partial charge in [-0.1, -0.05) is 47.5 Å². The van der Waals surface area contributed by atoms with Crippen molar-refractivity contribution < 1.29 is 14.0 Å². The summed E-state index contributed by atoms with van der Waals surface area (Å²) >= 11 is 12.2. The van der Waals surface area contributed by atoms with E-state index in [2.05, 4.69) is 15.5 Å². The molecule has 1 aromatic heterocycles. The molecule has 0 unspecified atom stereocenters. The van der Waals surface area contributed by atoms with Crippen LogP contribution in [-0.2, 0) is 11.3 Å². The molecule has 2 aromatic carbocycles. The Balaban J connectivity index is 1.35. The van der Waals surface area contributed by atoms with Gasteiger partial charge in [0.1, 0.15) is 0 Å². The summed E-state index contributed by atoms with van der Waals surface area (Å²) in [7, 11) is 0. The molecular formula is C22H20Cl2N4O3. The van der Waals surface area contributed by atoms with E-state index in [9.17, 15) is 9.59 Å². The summed E-state index contributed by atoms with van der Waals surface area (Å²) in [5.41, 5.74) is 1.03. The van der Waals surface area contributed by atoms with E-state index in [-0.39, 0.29) is 37.4 Å². The monoisotopic (exact) mass is 458 g/mol. The molecule has 1 heterocycles. The van der Waals surface area contributed by atoms with Crippen molar-refractivity contribution in [3.63, 3.8) is 0 Å². The van der Waals surface area contributed by atoms with Crippen molar-refractivity contribution in [3.05, 3.63) is 70.0 Å². The molecule has 3 aromatic rings. The topological polar surface area (TPSA) is 88.3 Å². The van der Waals surface area contributed by atoms with Gasteiger partial charge in [-0.25, -0.2) is 0 Å². The highest BCUT2D eigenvalue weighted by molar-refractivity contribution is 6.34. The molecule has 0 saturated heterocycles. The molecule has 7 nitrogen and oxygen atoms in total. The molecule has 31 heavy (non-hydrogen) atoms. The smallest absolute Gasteiger partial charge is 0.252 e. The van der Waals surface area contributed by atoms with E-state index in [1.54, 1.807) is 41.3 Å². The van der Waals surface area contributed by atoms with Gasteiger partial charge in [-0.2, -0.15) is 0 Å². The van der Waals surface area contributed by atoms with Crippen molar-refractivity contribution in [1.29, 1.82) is 0 Å². The molecule has 1 fully saturated rings. The molecule has 0 radical (unpaired) electrons. The van der Waals surface area contributed by atoms with Crippen LogP contribution in [0.25, 0.3) is 11.5 Å². The van der Waals surface area contributed by atoms with Gasteiger partial charge < -0.3 is 14.6 Å². The van der Waals surface area contributed by atoms with Gasteiger partial charge >= 0.3 is 0 Å². The molecule has 0 spiro atoms. The third kappa shape index (κ3) is 5.24. The number of nitrogens with zero attached hydrogens (tertiary/aromatic N) is 3. The van der Waals surface area contributed by atoms with Crippen LogP contribution >= 0.6 is 23.2 Å². The number of aromatic nitrogens is 2. The van der Waals surface area contributed by atoms with Crippen LogP contribution in [0.3, 0.4) is 0 Å². The standard InChI is InChI=1S/C22H20Cl2N4O3/c23-17-7-3-1-5-15(17)21(30)25-12-11-20(29)28(14-9-10-14)13-19-26-27-22(31-19)16-6-2-4-8-18(16)24/h1-8,14H,9-13H2,(H,25,30). The molecule has 160 valence electrons. The Kier molecular flexibility index (Phi) is 6.53. The quantitative estimate of drug-likeness (QED) is 0.541. The summed E-state index contributed by atoms with van der Waals surface area (Å²) in [5.74, 6) is 0.267. The summed E-state index contributed by atoms with van der Waals surface area (Å²) < 4.78 is 5.74. The molecule has 9 heteroatoms. The average Bonchev–Trinajstić information content (AvgIpc) is 3.50. The first-order valence-corrected chi connectivity index (χ1v) is 10.7. The van der Waals surface area contributed by atoms with Crippen LogP contribution in [0.15, 0.2) is 52.9 Å².